The second-order valence-electron chi connectivity index (χ2n) is 11.5. The van der Waals surface area contributed by atoms with Gasteiger partial charge in [0.1, 0.15) is 0 Å². The Kier molecular flexibility index (Phi) is 13.5. The lowest BCUT2D eigenvalue weighted by Gasteiger charge is -2.24. The van der Waals surface area contributed by atoms with Gasteiger partial charge >= 0.3 is 0 Å². The molecule has 1 aromatic rings. The highest BCUT2D eigenvalue weighted by atomic mass is 16.2. The van der Waals surface area contributed by atoms with E-state index in [9.17, 15) is 9.59 Å². The minimum atomic E-state index is -0.0551. The van der Waals surface area contributed by atoms with Crippen LogP contribution in [0.15, 0.2) is 35.4 Å². The van der Waals surface area contributed by atoms with Crippen molar-refractivity contribution < 1.29 is 9.59 Å². The van der Waals surface area contributed by atoms with Crippen LogP contribution < -0.4 is 4.90 Å². The van der Waals surface area contributed by atoms with Crippen LogP contribution in [0.2, 0.25) is 0 Å². The van der Waals surface area contributed by atoms with Gasteiger partial charge in [-0.05, 0) is 37.0 Å². The summed E-state index contributed by atoms with van der Waals surface area (Å²) in [6.07, 6.45) is 26.2. The van der Waals surface area contributed by atoms with Crippen molar-refractivity contribution in [1.82, 2.24) is 0 Å². The molecule has 0 aliphatic carbocycles. The molecule has 37 heavy (non-hydrogen) atoms. The van der Waals surface area contributed by atoms with Crippen molar-refractivity contribution in [3.05, 3.63) is 41.0 Å². The van der Waals surface area contributed by atoms with E-state index in [0.717, 1.165) is 48.9 Å². The van der Waals surface area contributed by atoms with E-state index in [1.165, 1.54) is 113 Å². The SMILES string of the molecule is CCCCCCCCCCCCC1=C2C(=O)N(C1=O)c1ccc(cc1)C2CCCCCCCCCCC. The van der Waals surface area contributed by atoms with E-state index in [1.807, 2.05) is 12.1 Å². The summed E-state index contributed by atoms with van der Waals surface area (Å²) in [6.45, 7) is 4.53. The summed E-state index contributed by atoms with van der Waals surface area (Å²) in [5.41, 5.74) is 3.58. The first-order chi connectivity index (χ1) is 18.2. The molecule has 3 aliphatic heterocycles. The van der Waals surface area contributed by atoms with Gasteiger partial charge in [0.2, 0.25) is 0 Å². The van der Waals surface area contributed by atoms with Crippen molar-refractivity contribution in [2.75, 3.05) is 4.90 Å². The third-order valence-electron chi connectivity index (χ3n) is 8.50. The number of hydrogen-bond donors (Lipinski definition) is 0. The molecule has 0 aromatic heterocycles. The lowest BCUT2D eigenvalue weighted by Crippen LogP contribution is -2.33. The number of carbonyl (C=O) groups excluding carboxylic acids is 2. The third kappa shape index (κ3) is 8.82. The summed E-state index contributed by atoms with van der Waals surface area (Å²) in [7, 11) is 0. The van der Waals surface area contributed by atoms with Crippen LogP contribution in [0.3, 0.4) is 0 Å². The van der Waals surface area contributed by atoms with E-state index in [2.05, 4.69) is 26.0 Å². The molecular formula is C34H53NO2. The molecule has 0 saturated heterocycles. The summed E-state index contributed by atoms with van der Waals surface area (Å²) in [4.78, 5) is 28.3. The quantitative estimate of drug-likeness (QED) is 0.123. The molecule has 206 valence electrons. The van der Waals surface area contributed by atoms with Crippen LogP contribution in [0.4, 0.5) is 5.69 Å². The van der Waals surface area contributed by atoms with Crippen molar-refractivity contribution >= 4 is 17.5 Å². The fourth-order valence-electron chi connectivity index (χ4n) is 6.21. The molecule has 3 aliphatic rings. The highest BCUT2D eigenvalue weighted by Gasteiger charge is 2.43. The van der Waals surface area contributed by atoms with Gasteiger partial charge in [-0.1, -0.05) is 142 Å². The number of amides is 2. The summed E-state index contributed by atoms with van der Waals surface area (Å²) in [5, 5.41) is 0. The minimum absolute atomic E-state index is 0.0470. The first-order valence-electron chi connectivity index (χ1n) is 15.9. The van der Waals surface area contributed by atoms with Crippen LogP contribution in [0, 0.1) is 0 Å². The maximum absolute atomic E-state index is 13.5. The van der Waals surface area contributed by atoms with Gasteiger partial charge in [-0.15, -0.1) is 0 Å². The predicted molar refractivity (Wildman–Crippen MR) is 157 cm³/mol. The number of carbonyl (C=O) groups is 2. The Hall–Kier alpha value is -1.90. The van der Waals surface area contributed by atoms with E-state index < -0.39 is 0 Å². The zero-order valence-corrected chi connectivity index (χ0v) is 24.0. The highest BCUT2D eigenvalue weighted by molar-refractivity contribution is 6.33. The number of benzene rings is 1. The first kappa shape index (κ1) is 29.7. The van der Waals surface area contributed by atoms with Crippen LogP contribution in [-0.4, -0.2) is 11.8 Å². The summed E-state index contributed by atoms with van der Waals surface area (Å²) in [5.74, 6) is -0.0341. The standard InChI is InChI=1S/C34H53NO2/c1-3-5-7-9-11-13-15-17-19-21-23-31-32-30(22-20-18-16-14-12-10-8-6-4-2)28-24-26-29(27-25-28)35(33(31)36)34(32)37/h24-27,30H,3-23H2,1-2H3. The van der Waals surface area contributed by atoms with E-state index in [1.54, 1.807) is 0 Å². The molecule has 1 atom stereocenters. The van der Waals surface area contributed by atoms with E-state index in [4.69, 9.17) is 0 Å². The average molecular weight is 508 g/mol. The zero-order valence-electron chi connectivity index (χ0n) is 24.0. The maximum Gasteiger partial charge on any atom is 0.262 e. The fraction of sp³-hybridized carbons (Fsp3) is 0.706. The Morgan fingerprint density at radius 2 is 1.03 bits per heavy atom. The first-order valence-corrected chi connectivity index (χ1v) is 15.9. The van der Waals surface area contributed by atoms with Crippen molar-refractivity contribution in [3.8, 4) is 0 Å². The molecule has 4 rings (SSSR count). The Balaban J connectivity index is 1.50. The summed E-state index contributed by atoms with van der Waals surface area (Å²) >= 11 is 0. The smallest absolute Gasteiger partial charge is 0.262 e. The van der Waals surface area contributed by atoms with E-state index in [-0.39, 0.29) is 17.7 Å². The fourth-order valence-corrected chi connectivity index (χ4v) is 6.21. The molecule has 3 nitrogen and oxygen atoms in total. The van der Waals surface area contributed by atoms with E-state index in [0.29, 0.717) is 0 Å². The highest BCUT2D eigenvalue weighted by Crippen LogP contribution is 2.43. The average Bonchev–Trinajstić information content (AvgIpc) is 3.18. The van der Waals surface area contributed by atoms with Gasteiger partial charge in [-0.3, -0.25) is 9.59 Å². The van der Waals surface area contributed by atoms with Gasteiger partial charge in [0.05, 0.1) is 5.69 Å². The summed E-state index contributed by atoms with van der Waals surface area (Å²) in [6, 6.07) is 8.22. The zero-order chi connectivity index (χ0) is 26.3. The molecule has 0 saturated carbocycles. The molecular weight excluding hydrogens is 454 g/mol. The summed E-state index contributed by atoms with van der Waals surface area (Å²) < 4.78 is 0. The normalized spacial score (nSPS) is 16.7. The van der Waals surface area contributed by atoms with Crippen LogP contribution >= 0.6 is 0 Å². The van der Waals surface area contributed by atoms with Crippen molar-refractivity contribution in [1.29, 1.82) is 0 Å². The van der Waals surface area contributed by atoms with Crippen molar-refractivity contribution in [2.45, 2.75) is 155 Å². The number of anilines is 1. The van der Waals surface area contributed by atoms with Crippen LogP contribution in [0.25, 0.3) is 0 Å². The minimum Gasteiger partial charge on any atom is -0.269 e. The Labute approximate surface area is 227 Å². The molecule has 0 spiro atoms. The van der Waals surface area contributed by atoms with Crippen LogP contribution in [-0.2, 0) is 9.59 Å². The second-order valence-corrected chi connectivity index (χ2v) is 11.5. The number of rotatable bonds is 21. The largest absolute Gasteiger partial charge is 0.269 e. The van der Waals surface area contributed by atoms with Gasteiger partial charge in [0, 0.05) is 17.1 Å². The van der Waals surface area contributed by atoms with Gasteiger partial charge < -0.3 is 0 Å². The molecule has 4 bridgehead atoms. The van der Waals surface area contributed by atoms with Gasteiger partial charge in [-0.25, -0.2) is 4.90 Å². The third-order valence-corrected chi connectivity index (χ3v) is 8.50. The molecule has 1 unspecified atom stereocenters. The lowest BCUT2D eigenvalue weighted by molar-refractivity contribution is -0.120. The lowest BCUT2D eigenvalue weighted by atomic mass is 9.83. The van der Waals surface area contributed by atoms with E-state index >= 15 is 0 Å². The predicted octanol–water partition coefficient (Wildman–Crippen LogP) is 10.2. The van der Waals surface area contributed by atoms with Crippen LogP contribution in [0.5, 0.6) is 0 Å². The second kappa shape index (κ2) is 16.8. The number of imide groups is 1. The Morgan fingerprint density at radius 1 is 0.568 bits per heavy atom. The number of hydrogen-bond acceptors (Lipinski definition) is 2. The molecule has 2 amide bonds. The van der Waals surface area contributed by atoms with Crippen molar-refractivity contribution in [3.63, 3.8) is 0 Å². The van der Waals surface area contributed by atoms with Gasteiger partial charge in [0.15, 0.2) is 0 Å². The number of nitrogens with zero attached hydrogens (tertiary/aromatic N) is 1. The van der Waals surface area contributed by atoms with Gasteiger partial charge in [0.25, 0.3) is 11.8 Å². The molecule has 0 fully saturated rings. The molecule has 0 radical (unpaired) electrons. The van der Waals surface area contributed by atoms with Crippen LogP contribution in [0.1, 0.15) is 160 Å². The maximum atomic E-state index is 13.5. The molecule has 3 heteroatoms. The monoisotopic (exact) mass is 507 g/mol. The van der Waals surface area contributed by atoms with Crippen molar-refractivity contribution in [2.24, 2.45) is 0 Å². The number of fused-ring (bicyclic) bond motifs is 2. The molecule has 0 N–H and O–H groups in total. The van der Waals surface area contributed by atoms with Gasteiger partial charge in [-0.2, -0.15) is 0 Å². The Bertz CT molecular complexity index is 853. The number of unbranched alkanes of at least 4 members (excludes halogenated alkanes) is 17. The Morgan fingerprint density at radius 3 is 1.54 bits per heavy atom. The molecule has 1 aromatic carbocycles. The molecule has 3 heterocycles. The topological polar surface area (TPSA) is 37.4 Å².